The summed E-state index contributed by atoms with van der Waals surface area (Å²) in [5, 5.41) is 0. The van der Waals surface area contributed by atoms with Gasteiger partial charge in [0.1, 0.15) is 0 Å². The number of rotatable bonds is 3. The van der Waals surface area contributed by atoms with Crippen molar-refractivity contribution in [1.82, 2.24) is 4.31 Å². The van der Waals surface area contributed by atoms with Gasteiger partial charge in [0.15, 0.2) is 4.75 Å². The van der Waals surface area contributed by atoms with Crippen LogP contribution in [0.2, 0.25) is 0 Å². The number of sulfonamides is 1. The Hall–Kier alpha value is -0.620. The minimum atomic E-state index is -3.52. The van der Waals surface area contributed by atoms with E-state index in [1.807, 2.05) is 0 Å². The molecule has 0 aromatic heterocycles. The molecule has 2 N–H and O–H groups in total. The van der Waals surface area contributed by atoms with Crippen molar-refractivity contribution < 1.29 is 13.2 Å². The minimum Gasteiger partial charge on any atom is -0.328 e. The average molecular weight is 246 g/mol. The molecule has 5 nitrogen and oxygen atoms in total. The van der Waals surface area contributed by atoms with Gasteiger partial charge in [-0.3, -0.25) is 4.79 Å². The fourth-order valence-corrected chi connectivity index (χ4v) is 4.14. The summed E-state index contributed by atoms with van der Waals surface area (Å²) in [5.41, 5.74) is 4.96. The van der Waals surface area contributed by atoms with Crippen LogP contribution in [0, 0.1) is 5.92 Å². The van der Waals surface area contributed by atoms with Crippen LogP contribution in [0.4, 0.5) is 0 Å². The van der Waals surface area contributed by atoms with Crippen LogP contribution in [-0.4, -0.2) is 35.5 Å². The molecule has 1 atom stereocenters. The highest BCUT2D eigenvalue weighted by Gasteiger charge is 2.67. The molecule has 2 aliphatic rings. The fourth-order valence-electron chi connectivity index (χ4n) is 2.28. The third kappa shape index (κ3) is 1.14. The highest BCUT2D eigenvalue weighted by Crippen LogP contribution is 2.49. The van der Waals surface area contributed by atoms with Crippen LogP contribution in [0.5, 0.6) is 0 Å². The quantitative estimate of drug-likeness (QED) is 0.764. The van der Waals surface area contributed by atoms with Crippen molar-refractivity contribution >= 4 is 15.9 Å². The van der Waals surface area contributed by atoms with Gasteiger partial charge in [0.05, 0.1) is 5.54 Å². The summed E-state index contributed by atoms with van der Waals surface area (Å²) in [5.74, 6) is -0.0975. The second kappa shape index (κ2) is 2.98. The van der Waals surface area contributed by atoms with Gasteiger partial charge in [-0.25, -0.2) is 12.7 Å². The molecule has 0 bridgehead atoms. The Morgan fingerprint density at radius 1 is 1.50 bits per heavy atom. The molecule has 1 saturated carbocycles. The number of nitrogens with zero attached hydrogens (tertiary/aromatic N) is 1. The molecule has 0 aromatic rings. The SMILES string of the molecule is CC(CN)(C1CC1)N1C(=O)C(C)(C)S1(=O)=O. The summed E-state index contributed by atoms with van der Waals surface area (Å²) in [4.78, 5) is 11.9. The van der Waals surface area contributed by atoms with Crippen LogP contribution in [0.3, 0.4) is 0 Å². The first-order valence-corrected chi connectivity index (χ1v) is 6.93. The van der Waals surface area contributed by atoms with Crippen LogP contribution in [0.25, 0.3) is 0 Å². The topological polar surface area (TPSA) is 80.5 Å². The molecule has 1 aliphatic carbocycles. The maximum atomic E-state index is 12.1. The highest BCUT2D eigenvalue weighted by atomic mass is 32.2. The molecule has 0 aromatic carbocycles. The lowest BCUT2D eigenvalue weighted by atomic mass is 9.94. The van der Waals surface area contributed by atoms with Crippen LogP contribution in [-0.2, 0) is 14.8 Å². The van der Waals surface area contributed by atoms with E-state index in [-0.39, 0.29) is 18.4 Å². The third-order valence-corrected chi connectivity index (χ3v) is 6.45. The molecule has 1 unspecified atom stereocenters. The highest BCUT2D eigenvalue weighted by molar-refractivity contribution is 7.94. The van der Waals surface area contributed by atoms with Crippen LogP contribution in [0.1, 0.15) is 33.6 Å². The second-order valence-electron chi connectivity index (χ2n) is 5.42. The summed E-state index contributed by atoms with van der Waals surface area (Å²) >= 11 is 0. The van der Waals surface area contributed by atoms with Gasteiger partial charge in [0.25, 0.3) is 15.9 Å². The molecule has 6 heteroatoms. The van der Waals surface area contributed by atoms with E-state index < -0.39 is 20.3 Å². The minimum absolute atomic E-state index is 0.193. The maximum Gasteiger partial charge on any atom is 0.259 e. The van der Waals surface area contributed by atoms with Crippen molar-refractivity contribution in [3.63, 3.8) is 0 Å². The maximum absolute atomic E-state index is 12.1. The molecular formula is C10H18N2O3S. The molecule has 0 radical (unpaired) electrons. The Morgan fingerprint density at radius 3 is 2.31 bits per heavy atom. The zero-order valence-corrected chi connectivity index (χ0v) is 10.7. The zero-order chi connectivity index (χ0) is 12.4. The van der Waals surface area contributed by atoms with E-state index in [1.54, 1.807) is 6.92 Å². The van der Waals surface area contributed by atoms with Gasteiger partial charge in [-0.1, -0.05) is 0 Å². The van der Waals surface area contributed by atoms with Crippen molar-refractivity contribution in [2.24, 2.45) is 11.7 Å². The first-order chi connectivity index (χ1) is 7.19. The second-order valence-corrected chi connectivity index (χ2v) is 7.76. The van der Waals surface area contributed by atoms with Crippen molar-refractivity contribution in [1.29, 1.82) is 0 Å². The van der Waals surface area contributed by atoms with Crippen LogP contribution < -0.4 is 5.73 Å². The molecule has 16 heavy (non-hydrogen) atoms. The standard InChI is InChI=1S/C10H18N2O3S/c1-9(2)8(13)12(16(9,14)15)10(3,6-11)7-4-5-7/h7H,4-6,11H2,1-3H3. The van der Waals surface area contributed by atoms with Gasteiger partial charge in [-0.2, -0.15) is 0 Å². The summed E-state index contributed by atoms with van der Waals surface area (Å²) in [7, 11) is -3.52. The van der Waals surface area contributed by atoms with E-state index in [2.05, 4.69) is 0 Å². The molecule has 1 amide bonds. The lowest BCUT2D eigenvalue weighted by Crippen LogP contribution is -2.75. The predicted molar refractivity (Wildman–Crippen MR) is 60.0 cm³/mol. The largest absolute Gasteiger partial charge is 0.328 e. The molecule has 92 valence electrons. The molecule has 2 fully saturated rings. The third-order valence-electron chi connectivity index (χ3n) is 3.92. The molecule has 1 saturated heterocycles. The Bertz CT molecular complexity index is 439. The Labute approximate surface area is 96.0 Å². The van der Waals surface area contributed by atoms with Gasteiger partial charge in [-0.05, 0) is 39.5 Å². The molecular weight excluding hydrogens is 228 g/mol. The summed E-state index contributed by atoms with van der Waals surface area (Å²) in [6.45, 7) is 4.87. The van der Waals surface area contributed by atoms with Gasteiger partial charge in [0.2, 0.25) is 0 Å². The van der Waals surface area contributed by atoms with Gasteiger partial charge in [0, 0.05) is 6.54 Å². The number of carbonyl (C=O) groups is 1. The summed E-state index contributed by atoms with van der Waals surface area (Å²) < 4.78 is 23.9. The van der Waals surface area contributed by atoms with Gasteiger partial charge in [-0.15, -0.1) is 0 Å². The molecule has 1 aliphatic heterocycles. The Morgan fingerprint density at radius 2 is 2.00 bits per heavy atom. The fraction of sp³-hybridized carbons (Fsp3) is 0.900. The van der Waals surface area contributed by atoms with E-state index in [1.165, 1.54) is 13.8 Å². The lowest BCUT2D eigenvalue weighted by molar-refractivity contribution is -0.137. The number of hydrogen-bond acceptors (Lipinski definition) is 4. The first kappa shape index (κ1) is 11.9. The lowest BCUT2D eigenvalue weighted by Gasteiger charge is -2.52. The number of amides is 1. The van der Waals surface area contributed by atoms with Crippen molar-refractivity contribution in [2.45, 2.75) is 43.9 Å². The van der Waals surface area contributed by atoms with Crippen molar-refractivity contribution in [3.05, 3.63) is 0 Å². The smallest absolute Gasteiger partial charge is 0.259 e. The predicted octanol–water partition coefficient (Wildman–Crippen LogP) is 0.0644. The van der Waals surface area contributed by atoms with Gasteiger partial charge < -0.3 is 5.73 Å². The molecule has 1 heterocycles. The number of carbonyl (C=O) groups excluding carboxylic acids is 1. The van der Waals surface area contributed by atoms with Crippen molar-refractivity contribution in [3.8, 4) is 0 Å². The molecule has 0 spiro atoms. The van der Waals surface area contributed by atoms with Crippen molar-refractivity contribution in [2.75, 3.05) is 6.54 Å². The Kier molecular flexibility index (Phi) is 2.21. The Balaban J connectivity index is 2.40. The number of hydrogen-bond donors (Lipinski definition) is 1. The summed E-state index contributed by atoms with van der Waals surface area (Å²) in [6.07, 6.45) is 1.90. The van der Waals surface area contributed by atoms with Crippen LogP contribution in [0.15, 0.2) is 0 Å². The zero-order valence-electron chi connectivity index (χ0n) is 9.86. The van der Waals surface area contributed by atoms with Gasteiger partial charge >= 0.3 is 0 Å². The monoisotopic (exact) mass is 246 g/mol. The van der Waals surface area contributed by atoms with E-state index in [0.29, 0.717) is 0 Å². The average Bonchev–Trinajstić information content (AvgIpc) is 3.00. The van der Waals surface area contributed by atoms with E-state index in [9.17, 15) is 13.2 Å². The van der Waals surface area contributed by atoms with E-state index in [4.69, 9.17) is 5.73 Å². The molecule has 2 rings (SSSR count). The van der Waals surface area contributed by atoms with E-state index >= 15 is 0 Å². The van der Waals surface area contributed by atoms with E-state index in [0.717, 1.165) is 17.1 Å². The number of nitrogens with two attached hydrogens (primary N) is 1. The normalized spacial score (nSPS) is 30.8. The first-order valence-electron chi connectivity index (χ1n) is 5.49. The van der Waals surface area contributed by atoms with Crippen LogP contribution >= 0.6 is 0 Å². The summed E-state index contributed by atoms with van der Waals surface area (Å²) in [6, 6.07) is 0.